The molecule has 0 fully saturated rings. The molecule has 0 aliphatic heterocycles. The van der Waals surface area contributed by atoms with Crippen LogP contribution < -0.4 is 10.6 Å². The van der Waals surface area contributed by atoms with Crippen LogP contribution in [0.5, 0.6) is 0 Å². The average molecular weight is 288 g/mol. The molecule has 0 unspecified atom stereocenters. The van der Waals surface area contributed by atoms with Gasteiger partial charge in [-0.15, -0.1) is 0 Å². The van der Waals surface area contributed by atoms with Crippen molar-refractivity contribution in [2.75, 3.05) is 24.2 Å². The second kappa shape index (κ2) is 7.02. The van der Waals surface area contributed by atoms with Gasteiger partial charge in [-0.3, -0.25) is 0 Å². The van der Waals surface area contributed by atoms with Crippen LogP contribution in [0.4, 0.5) is 16.0 Å². The lowest BCUT2D eigenvalue weighted by molar-refractivity contribution is 0.627. The zero-order chi connectivity index (χ0) is 15.2. The molecule has 0 spiro atoms. The number of nitrogens with zero attached hydrogens (tertiary/aromatic N) is 2. The fraction of sp³-hybridized carbons (Fsp3) is 0.375. The van der Waals surface area contributed by atoms with Crippen LogP contribution in [0.2, 0.25) is 0 Å². The number of nitrogens with one attached hydrogen (secondary N) is 2. The van der Waals surface area contributed by atoms with Gasteiger partial charge in [0.05, 0.1) is 0 Å². The molecule has 1 aromatic carbocycles. The fourth-order valence-corrected chi connectivity index (χ4v) is 2.26. The Kier molecular flexibility index (Phi) is 5.09. The standard InChI is InChI=1S/C16H21FN4/c1-11(2)14-15(18-3)20-10-21-16(14)19-9-8-12-4-6-13(17)7-5-12/h4-7,10-11H,8-9H2,1-3H3,(H2,18,19,20,21). The van der Waals surface area contributed by atoms with Crippen molar-refractivity contribution in [2.45, 2.75) is 26.2 Å². The van der Waals surface area contributed by atoms with Gasteiger partial charge in [-0.25, -0.2) is 14.4 Å². The molecule has 0 bridgehead atoms. The molecule has 0 atom stereocenters. The minimum Gasteiger partial charge on any atom is -0.373 e. The molecule has 0 aliphatic rings. The van der Waals surface area contributed by atoms with Crippen LogP contribution in [-0.4, -0.2) is 23.6 Å². The maximum atomic E-state index is 12.9. The predicted octanol–water partition coefficient (Wildman–Crippen LogP) is 3.44. The van der Waals surface area contributed by atoms with Gasteiger partial charge in [-0.2, -0.15) is 0 Å². The molecule has 0 aliphatic carbocycles. The lowest BCUT2D eigenvalue weighted by Gasteiger charge is -2.16. The van der Waals surface area contributed by atoms with Gasteiger partial charge in [0, 0.05) is 19.2 Å². The van der Waals surface area contributed by atoms with Crippen LogP contribution in [0.3, 0.4) is 0 Å². The quantitative estimate of drug-likeness (QED) is 0.855. The summed E-state index contributed by atoms with van der Waals surface area (Å²) in [5.41, 5.74) is 2.18. The van der Waals surface area contributed by atoms with Crippen molar-refractivity contribution in [2.24, 2.45) is 0 Å². The molecule has 1 heterocycles. The summed E-state index contributed by atoms with van der Waals surface area (Å²) >= 11 is 0. The van der Waals surface area contributed by atoms with Gasteiger partial charge in [0.2, 0.25) is 0 Å². The molecule has 0 saturated carbocycles. The topological polar surface area (TPSA) is 49.8 Å². The first-order valence-electron chi connectivity index (χ1n) is 7.12. The van der Waals surface area contributed by atoms with Crippen molar-refractivity contribution in [3.63, 3.8) is 0 Å². The molecular formula is C16H21FN4. The molecule has 2 rings (SSSR count). The monoisotopic (exact) mass is 288 g/mol. The van der Waals surface area contributed by atoms with Crippen LogP contribution in [0.25, 0.3) is 0 Å². The maximum absolute atomic E-state index is 12.9. The van der Waals surface area contributed by atoms with Gasteiger partial charge >= 0.3 is 0 Å². The van der Waals surface area contributed by atoms with Crippen molar-refractivity contribution in [1.29, 1.82) is 0 Å². The van der Waals surface area contributed by atoms with E-state index in [4.69, 9.17) is 0 Å². The number of benzene rings is 1. The number of anilines is 2. The van der Waals surface area contributed by atoms with E-state index >= 15 is 0 Å². The van der Waals surface area contributed by atoms with Crippen molar-refractivity contribution < 1.29 is 4.39 Å². The number of hydrogen-bond donors (Lipinski definition) is 2. The highest BCUT2D eigenvalue weighted by molar-refractivity contribution is 5.58. The van der Waals surface area contributed by atoms with Crippen LogP contribution >= 0.6 is 0 Å². The summed E-state index contributed by atoms with van der Waals surface area (Å²) < 4.78 is 12.9. The second-order valence-electron chi connectivity index (χ2n) is 5.19. The summed E-state index contributed by atoms with van der Waals surface area (Å²) in [6.45, 7) is 4.97. The van der Waals surface area contributed by atoms with Gasteiger partial charge in [-0.1, -0.05) is 26.0 Å². The summed E-state index contributed by atoms with van der Waals surface area (Å²) in [5.74, 6) is 1.82. The summed E-state index contributed by atoms with van der Waals surface area (Å²) in [5, 5.41) is 6.45. The highest BCUT2D eigenvalue weighted by Gasteiger charge is 2.13. The van der Waals surface area contributed by atoms with Crippen molar-refractivity contribution in [3.8, 4) is 0 Å². The summed E-state index contributed by atoms with van der Waals surface area (Å²) in [7, 11) is 1.86. The average Bonchev–Trinajstić information content (AvgIpc) is 2.48. The molecule has 5 heteroatoms. The molecule has 21 heavy (non-hydrogen) atoms. The third kappa shape index (κ3) is 3.90. The first-order chi connectivity index (χ1) is 10.1. The van der Waals surface area contributed by atoms with E-state index in [9.17, 15) is 4.39 Å². The molecule has 112 valence electrons. The normalized spacial score (nSPS) is 10.7. The SMILES string of the molecule is CNc1ncnc(NCCc2ccc(F)cc2)c1C(C)C. The fourth-order valence-electron chi connectivity index (χ4n) is 2.26. The third-order valence-corrected chi connectivity index (χ3v) is 3.32. The molecule has 0 amide bonds. The Labute approximate surface area is 124 Å². The first kappa shape index (κ1) is 15.2. The van der Waals surface area contributed by atoms with E-state index in [-0.39, 0.29) is 5.82 Å². The van der Waals surface area contributed by atoms with Crippen LogP contribution in [-0.2, 0) is 6.42 Å². The Morgan fingerprint density at radius 2 is 1.76 bits per heavy atom. The van der Waals surface area contributed by atoms with E-state index in [1.165, 1.54) is 12.1 Å². The Bertz CT molecular complexity index is 581. The summed E-state index contributed by atoms with van der Waals surface area (Å²) in [4.78, 5) is 8.58. The smallest absolute Gasteiger partial charge is 0.134 e. The van der Waals surface area contributed by atoms with E-state index in [0.29, 0.717) is 5.92 Å². The van der Waals surface area contributed by atoms with Crippen molar-refractivity contribution in [1.82, 2.24) is 9.97 Å². The largest absolute Gasteiger partial charge is 0.373 e. The molecular weight excluding hydrogens is 267 g/mol. The zero-order valence-corrected chi connectivity index (χ0v) is 12.7. The van der Waals surface area contributed by atoms with Gasteiger partial charge in [-0.05, 0) is 30.0 Å². The Hall–Kier alpha value is -2.17. The Morgan fingerprint density at radius 3 is 2.38 bits per heavy atom. The van der Waals surface area contributed by atoms with Crippen molar-refractivity contribution >= 4 is 11.6 Å². The lowest BCUT2D eigenvalue weighted by atomic mass is 10.0. The predicted molar refractivity (Wildman–Crippen MR) is 84.3 cm³/mol. The number of hydrogen-bond acceptors (Lipinski definition) is 4. The lowest BCUT2D eigenvalue weighted by Crippen LogP contribution is -2.12. The molecule has 2 N–H and O–H groups in total. The Balaban J connectivity index is 2.04. The second-order valence-corrected chi connectivity index (χ2v) is 5.19. The van der Waals surface area contributed by atoms with Crippen LogP contribution in [0, 0.1) is 5.82 Å². The van der Waals surface area contributed by atoms with Crippen molar-refractivity contribution in [3.05, 3.63) is 47.5 Å². The minimum atomic E-state index is -0.205. The summed E-state index contributed by atoms with van der Waals surface area (Å²) in [6.07, 6.45) is 2.37. The van der Waals surface area contributed by atoms with Crippen LogP contribution in [0.1, 0.15) is 30.9 Å². The molecule has 2 aromatic rings. The molecule has 1 aromatic heterocycles. The van der Waals surface area contributed by atoms with Gasteiger partial charge in [0.25, 0.3) is 0 Å². The molecule has 4 nitrogen and oxygen atoms in total. The Morgan fingerprint density at radius 1 is 1.10 bits per heavy atom. The number of halogens is 1. The maximum Gasteiger partial charge on any atom is 0.134 e. The number of aromatic nitrogens is 2. The van der Waals surface area contributed by atoms with E-state index in [1.807, 2.05) is 7.05 Å². The highest BCUT2D eigenvalue weighted by atomic mass is 19.1. The summed E-state index contributed by atoms with van der Waals surface area (Å²) in [6, 6.07) is 6.58. The van der Waals surface area contributed by atoms with E-state index < -0.39 is 0 Å². The molecule has 0 saturated heterocycles. The highest BCUT2D eigenvalue weighted by Crippen LogP contribution is 2.27. The van der Waals surface area contributed by atoms with E-state index in [2.05, 4.69) is 34.4 Å². The van der Waals surface area contributed by atoms with Gasteiger partial charge < -0.3 is 10.6 Å². The number of rotatable bonds is 6. The molecule has 0 radical (unpaired) electrons. The van der Waals surface area contributed by atoms with Crippen LogP contribution in [0.15, 0.2) is 30.6 Å². The van der Waals surface area contributed by atoms with E-state index in [1.54, 1.807) is 18.5 Å². The van der Waals surface area contributed by atoms with E-state index in [0.717, 1.165) is 35.7 Å². The minimum absolute atomic E-state index is 0.205. The van der Waals surface area contributed by atoms with Gasteiger partial charge in [0.15, 0.2) is 0 Å². The van der Waals surface area contributed by atoms with Gasteiger partial charge in [0.1, 0.15) is 23.8 Å². The zero-order valence-electron chi connectivity index (χ0n) is 12.7. The first-order valence-corrected chi connectivity index (χ1v) is 7.12. The third-order valence-electron chi connectivity index (χ3n) is 3.32.